The molecular weight excluding hydrogens is 232 g/mol. The van der Waals surface area contributed by atoms with E-state index in [0.29, 0.717) is 18.1 Å². The Morgan fingerprint density at radius 2 is 2.28 bits per heavy atom. The molecule has 0 saturated heterocycles. The van der Waals surface area contributed by atoms with Crippen molar-refractivity contribution in [3.63, 3.8) is 0 Å². The maximum Gasteiger partial charge on any atom is 0.189 e. The molecule has 7 nitrogen and oxygen atoms in total. The molecule has 0 aliphatic rings. The Balaban J connectivity index is 2.38. The van der Waals surface area contributed by atoms with Gasteiger partial charge in [0, 0.05) is 11.8 Å². The number of oxime groups is 1. The van der Waals surface area contributed by atoms with Crippen molar-refractivity contribution >= 4 is 5.84 Å². The highest BCUT2D eigenvalue weighted by atomic mass is 16.4. The van der Waals surface area contributed by atoms with Crippen LogP contribution in [0.3, 0.4) is 0 Å². The highest BCUT2D eigenvalue weighted by Gasteiger charge is 2.10. The molecule has 0 spiro atoms. The molecule has 0 aromatic carbocycles. The summed E-state index contributed by atoms with van der Waals surface area (Å²) in [5.41, 5.74) is 6.86. The summed E-state index contributed by atoms with van der Waals surface area (Å²) in [5.74, 6) is 1.50. The van der Waals surface area contributed by atoms with E-state index in [9.17, 15) is 0 Å². The van der Waals surface area contributed by atoms with E-state index >= 15 is 0 Å². The van der Waals surface area contributed by atoms with Gasteiger partial charge in [0.05, 0.1) is 6.54 Å². The minimum atomic E-state index is -0.0138. The van der Waals surface area contributed by atoms with Crippen molar-refractivity contribution in [1.29, 1.82) is 0 Å². The summed E-state index contributed by atoms with van der Waals surface area (Å²) in [6.45, 7) is 4.18. The third-order valence-corrected chi connectivity index (χ3v) is 2.52. The van der Waals surface area contributed by atoms with Crippen LogP contribution in [0.4, 0.5) is 0 Å². The Kier molecular flexibility index (Phi) is 3.22. The SMILES string of the molecule is Cc1nc(C)n(Cc2cccnc2C(N)=NO)n1. The molecule has 0 radical (unpaired) electrons. The van der Waals surface area contributed by atoms with Crippen molar-refractivity contribution in [2.24, 2.45) is 10.9 Å². The molecule has 0 saturated carbocycles. The van der Waals surface area contributed by atoms with E-state index in [1.807, 2.05) is 19.9 Å². The van der Waals surface area contributed by atoms with Crippen LogP contribution in [0.25, 0.3) is 0 Å². The molecule has 0 atom stereocenters. The number of pyridine rings is 1. The third-order valence-electron chi connectivity index (χ3n) is 2.52. The minimum Gasteiger partial charge on any atom is -0.409 e. The van der Waals surface area contributed by atoms with Gasteiger partial charge in [-0.25, -0.2) is 9.67 Å². The van der Waals surface area contributed by atoms with Gasteiger partial charge in [-0.1, -0.05) is 11.2 Å². The number of aryl methyl sites for hydroxylation is 2. The molecule has 94 valence electrons. The lowest BCUT2D eigenvalue weighted by atomic mass is 10.2. The van der Waals surface area contributed by atoms with Gasteiger partial charge >= 0.3 is 0 Å². The van der Waals surface area contributed by atoms with E-state index in [1.165, 1.54) is 0 Å². The molecule has 0 bridgehead atoms. The van der Waals surface area contributed by atoms with Crippen molar-refractivity contribution in [2.45, 2.75) is 20.4 Å². The summed E-state index contributed by atoms with van der Waals surface area (Å²) in [6.07, 6.45) is 1.59. The van der Waals surface area contributed by atoms with Gasteiger partial charge in [-0.2, -0.15) is 5.10 Å². The van der Waals surface area contributed by atoms with Gasteiger partial charge in [0.2, 0.25) is 0 Å². The summed E-state index contributed by atoms with van der Waals surface area (Å²) in [7, 11) is 0. The van der Waals surface area contributed by atoms with Crippen molar-refractivity contribution in [1.82, 2.24) is 19.7 Å². The summed E-state index contributed by atoms with van der Waals surface area (Å²) in [5, 5.41) is 16.0. The monoisotopic (exact) mass is 246 g/mol. The lowest BCUT2D eigenvalue weighted by Crippen LogP contribution is -2.19. The van der Waals surface area contributed by atoms with E-state index in [0.717, 1.165) is 11.4 Å². The maximum absolute atomic E-state index is 8.73. The molecular formula is C11H14N6O. The van der Waals surface area contributed by atoms with Gasteiger partial charge in [0.25, 0.3) is 0 Å². The van der Waals surface area contributed by atoms with Crippen molar-refractivity contribution in [2.75, 3.05) is 0 Å². The maximum atomic E-state index is 8.73. The molecule has 7 heteroatoms. The van der Waals surface area contributed by atoms with Gasteiger partial charge in [0.1, 0.15) is 17.3 Å². The second-order valence-corrected chi connectivity index (χ2v) is 3.86. The molecule has 18 heavy (non-hydrogen) atoms. The van der Waals surface area contributed by atoms with Crippen LogP contribution in [0, 0.1) is 13.8 Å². The number of nitrogens with two attached hydrogens (primary N) is 1. The van der Waals surface area contributed by atoms with Crippen LogP contribution in [0.2, 0.25) is 0 Å². The van der Waals surface area contributed by atoms with Crippen LogP contribution in [0.15, 0.2) is 23.5 Å². The molecule has 0 aliphatic heterocycles. The Labute approximate surface area is 104 Å². The topological polar surface area (TPSA) is 102 Å². The quantitative estimate of drug-likeness (QED) is 0.354. The average molecular weight is 246 g/mol. The molecule has 0 fully saturated rings. The lowest BCUT2D eigenvalue weighted by Gasteiger charge is -2.07. The second-order valence-electron chi connectivity index (χ2n) is 3.86. The largest absolute Gasteiger partial charge is 0.409 e. The highest BCUT2D eigenvalue weighted by Crippen LogP contribution is 2.08. The van der Waals surface area contributed by atoms with E-state index in [-0.39, 0.29) is 5.84 Å². The summed E-state index contributed by atoms with van der Waals surface area (Å²) in [4.78, 5) is 8.33. The minimum absolute atomic E-state index is 0.0138. The van der Waals surface area contributed by atoms with E-state index in [4.69, 9.17) is 10.9 Å². The van der Waals surface area contributed by atoms with Gasteiger partial charge in [-0.15, -0.1) is 0 Å². The fourth-order valence-electron chi connectivity index (χ4n) is 1.72. The fraction of sp³-hybridized carbons (Fsp3) is 0.273. The first-order valence-corrected chi connectivity index (χ1v) is 5.41. The lowest BCUT2D eigenvalue weighted by molar-refractivity contribution is 0.318. The molecule has 0 aliphatic carbocycles. The predicted molar refractivity (Wildman–Crippen MR) is 65.3 cm³/mol. The van der Waals surface area contributed by atoms with E-state index in [1.54, 1.807) is 16.9 Å². The first kappa shape index (κ1) is 12.0. The highest BCUT2D eigenvalue weighted by molar-refractivity contribution is 5.96. The number of hydrogen-bond donors (Lipinski definition) is 2. The van der Waals surface area contributed by atoms with Gasteiger partial charge < -0.3 is 10.9 Å². The number of nitrogens with zero attached hydrogens (tertiary/aromatic N) is 5. The third kappa shape index (κ3) is 2.29. The van der Waals surface area contributed by atoms with Crippen molar-refractivity contribution in [3.8, 4) is 0 Å². The molecule has 2 heterocycles. The number of amidine groups is 1. The standard InChI is InChI=1S/C11H14N6O/c1-7-14-8(2)17(15-7)6-9-4-3-5-13-10(9)11(12)16-18/h3-5,18H,6H2,1-2H3,(H2,12,16). The second kappa shape index (κ2) is 4.82. The Bertz CT molecular complexity index is 589. The zero-order chi connectivity index (χ0) is 13.1. The van der Waals surface area contributed by atoms with Crippen LogP contribution in [-0.4, -0.2) is 30.8 Å². The van der Waals surface area contributed by atoms with E-state index in [2.05, 4.69) is 20.2 Å². The number of hydrogen-bond acceptors (Lipinski definition) is 5. The van der Waals surface area contributed by atoms with Gasteiger partial charge in [-0.3, -0.25) is 4.98 Å². The zero-order valence-electron chi connectivity index (χ0n) is 10.2. The van der Waals surface area contributed by atoms with Gasteiger partial charge in [0.15, 0.2) is 5.84 Å². The number of aromatic nitrogens is 4. The molecule has 0 amide bonds. The Morgan fingerprint density at radius 1 is 1.50 bits per heavy atom. The molecule has 2 aromatic rings. The normalized spacial score (nSPS) is 11.8. The smallest absolute Gasteiger partial charge is 0.189 e. The van der Waals surface area contributed by atoms with Crippen LogP contribution in [0.1, 0.15) is 22.9 Å². The predicted octanol–water partition coefficient (Wildman–Crippen LogP) is 0.433. The van der Waals surface area contributed by atoms with Crippen LogP contribution in [0.5, 0.6) is 0 Å². The molecule has 3 N–H and O–H groups in total. The summed E-state index contributed by atoms with van der Waals surface area (Å²) in [6, 6.07) is 3.65. The summed E-state index contributed by atoms with van der Waals surface area (Å²) >= 11 is 0. The van der Waals surface area contributed by atoms with Crippen LogP contribution < -0.4 is 5.73 Å². The first-order valence-electron chi connectivity index (χ1n) is 5.41. The first-order chi connectivity index (χ1) is 8.61. The molecule has 0 unspecified atom stereocenters. The van der Waals surface area contributed by atoms with Gasteiger partial charge in [-0.05, 0) is 19.9 Å². The Hall–Kier alpha value is -2.44. The van der Waals surface area contributed by atoms with Crippen LogP contribution >= 0.6 is 0 Å². The van der Waals surface area contributed by atoms with Crippen molar-refractivity contribution in [3.05, 3.63) is 41.2 Å². The number of rotatable bonds is 3. The zero-order valence-corrected chi connectivity index (χ0v) is 10.2. The molecule has 2 rings (SSSR count). The summed E-state index contributed by atoms with van der Waals surface area (Å²) < 4.78 is 1.75. The molecule has 2 aromatic heterocycles. The fourth-order valence-corrected chi connectivity index (χ4v) is 1.72. The average Bonchev–Trinajstić information content (AvgIpc) is 2.67. The van der Waals surface area contributed by atoms with Crippen LogP contribution in [-0.2, 0) is 6.54 Å². The van der Waals surface area contributed by atoms with Crippen molar-refractivity contribution < 1.29 is 5.21 Å². The Morgan fingerprint density at radius 3 is 2.89 bits per heavy atom. The van der Waals surface area contributed by atoms with E-state index < -0.39 is 0 Å².